The minimum Gasteiger partial charge on any atom is -0.358 e. The Hall–Kier alpha value is -2.17. The van der Waals surface area contributed by atoms with E-state index in [1.54, 1.807) is 6.08 Å². The van der Waals surface area contributed by atoms with Crippen LogP contribution in [0.2, 0.25) is 5.02 Å². The van der Waals surface area contributed by atoms with Crippen LogP contribution < -0.4 is 10.6 Å². The molecule has 5 heteroatoms. The van der Waals surface area contributed by atoms with Crippen molar-refractivity contribution in [3.63, 3.8) is 0 Å². The second-order valence-electron chi connectivity index (χ2n) is 4.51. The van der Waals surface area contributed by atoms with E-state index < -0.39 is 0 Å². The Balaban J connectivity index is 1.81. The molecule has 0 radical (unpaired) electrons. The monoisotopic (exact) mass is 330 g/mol. The van der Waals surface area contributed by atoms with Crippen LogP contribution in [-0.2, 0) is 11.3 Å². The predicted molar refractivity (Wildman–Crippen MR) is 94.5 cm³/mol. The van der Waals surface area contributed by atoms with E-state index in [9.17, 15) is 4.79 Å². The lowest BCUT2D eigenvalue weighted by atomic mass is 10.2. The van der Waals surface area contributed by atoms with Crippen molar-refractivity contribution < 1.29 is 4.79 Å². The Bertz CT molecular complexity index is 686. The van der Waals surface area contributed by atoms with E-state index in [0.29, 0.717) is 11.6 Å². The van der Waals surface area contributed by atoms with Crippen LogP contribution in [0.15, 0.2) is 60.7 Å². The zero-order chi connectivity index (χ0) is 15.8. The van der Waals surface area contributed by atoms with Gasteiger partial charge in [0.1, 0.15) is 0 Å². The minimum absolute atomic E-state index is 0.266. The molecule has 0 aliphatic heterocycles. The standard InChI is InChI=1S/C17H15ClN2OS/c18-15-9-5-4-8-14(15)12-19-17(22)20-16(21)11-10-13-6-2-1-3-7-13/h1-11H,12H2,(H2,19,20,21,22). The first kappa shape index (κ1) is 16.2. The van der Waals surface area contributed by atoms with Crippen molar-refractivity contribution in [1.29, 1.82) is 0 Å². The quantitative estimate of drug-likeness (QED) is 0.665. The Morgan fingerprint density at radius 3 is 2.50 bits per heavy atom. The van der Waals surface area contributed by atoms with Crippen LogP contribution in [0.4, 0.5) is 0 Å². The molecule has 2 aromatic rings. The molecule has 2 N–H and O–H groups in total. The van der Waals surface area contributed by atoms with Crippen molar-refractivity contribution in [1.82, 2.24) is 10.6 Å². The first-order chi connectivity index (χ1) is 10.6. The molecule has 1 amide bonds. The third-order valence-corrected chi connectivity index (χ3v) is 3.48. The lowest BCUT2D eigenvalue weighted by molar-refractivity contribution is -0.115. The van der Waals surface area contributed by atoms with Gasteiger partial charge < -0.3 is 5.32 Å². The van der Waals surface area contributed by atoms with Crippen molar-refractivity contribution in [3.8, 4) is 0 Å². The minimum atomic E-state index is -0.277. The Labute approximate surface area is 140 Å². The summed E-state index contributed by atoms with van der Waals surface area (Å²) in [5.41, 5.74) is 1.87. The summed E-state index contributed by atoms with van der Waals surface area (Å²) in [4.78, 5) is 11.8. The van der Waals surface area contributed by atoms with Gasteiger partial charge in [0.25, 0.3) is 0 Å². The number of nitrogens with one attached hydrogen (secondary N) is 2. The van der Waals surface area contributed by atoms with Gasteiger partial charge in [0.05, 0.1) is 0 Å². The fourth-order valence-electron chi connectivity index (χ4n) is 1.75. The molecule has 0 saturated heterocycles. The number of halogens is 1. The fourth-order valence-corrected chi connectivity index (χ4v) is 2.13. The average Bonchev–Trinajstić information content (AvgIpc) is 2.53. The number of rotatable bonds is 4. The van der Waals surface area contributed by atoms with Crippen LogP contribution in [0.25, 0.3) is 6.08 Å². The summed E-state index contributed by atoms with van der Waals surface area (Å²) in [5.74, 6) is -0.277. The highest BCUT2D eigenvalue weighted by Crippen LogP contribution is 2.14. The number of thiocarbonyl (C=S) groups is 1. The van der Waals surface area contributed by atoms with Crippen molar-refractivity contribution in [3.05, 3.63) is 76.8 Å². The maximum Gasteiger partial charge on any atom is 0.250 e. The van der Waals surface area contributed by atoms with Crippen LogP contribution in [0.5, 0.6) is 0 Å². The normalized spacial score (nSPS) is 10.4. The molecule has 22 heavy (non-hydrogen) atoms. The molecule has 0 spiro atoms. The summed E-state index contributed by atoms with van der Waals surface area (Å²) in [6, 6.07) is 17.0. The molecule has 0 heterocycles. The van der Waals surface area contributed by atoms with E-state index in [1.807, 2.05) is 54.6 Å². The van der Waals surface area contributed by atoms with Gasteiger partial charge in [-0.3, -0.25) is 10.1 Å². The number of carbonyl (C=O) groups is 1. The third kappa shape index (κ3) is 5.31. The molecule has 112 valence electrons. The molecular formula is C17H15ClN2OS. The third-order valence-electron chi connectivity index (χ3n) is 2.86. The van der Waals surface area contributed by atoms with E-state index in [1.165, 1.54) is 6.08 Å². The highest BCUT2D eigenvalue weighted by atomic mass is 35.5. The van der Waals surface area contributed by atoms with Crippen LogP contribution in [-0.4, -0.2) is 11.0 Å². The maximum atomic E-state index is 11.8. The molecule has 0 atom stereocenters. The SMILES string of the molecule is O=C(C=Cc1ccccc1)NC(=S)NCc1ccccc1Cl. The Kier molecular flexibility index (Phi) is 6.13. The highest BCUT2D eigenvalue weighted by molar-refractivity contribution is 7.80. The van der Waals surface area contributed by atoms with E-state index in [2.05, 4.69) is 10.6 Å². The van der Waals surface area contributed by atoms with Crippen molar-refractivity contribution in [2.45, 2.75) is 6.54 Å². The molecule has 2 aromatic carbocycles. The van der Waals surface area contributed by atoms with Gasteiger partial charge in [0, 0.05) is 17.6 Å². The van der Waals surface area contributed by atoms with Gasteiger partial charge in [-0.15, -0.1) is 0 Å². The highest BCUT2D eigenvalue weighted by Gasteiger charge is 2.02. The molecule has 0 aromatic heterocycles. The second kappa shape index (κ2) is 8.32. The topological polar surface area (TPSA) is 41.1 Å². The van der Waals surface area contributed by atoms with Crippen LogP contribution in [0.3, 0.4) is 0 Å². The molecule has 2 rings (SSSR count). The molecule has 0 saturated carbocycles. The van der Waals surface area contributed by atoms with E-state index in [-0.39, 0.29) is 11.0 Å². The lowest BCUT2D eigenvalue weighted by Crippen LogP contribution is -2.38. The van der Waals surface area contributed by atoms with E-state index in [4.69, 9.17) is 23.8 Å². The van der Waals surface area contributed by atoms with Gasteiger partial charge >= 0.3 is 0 Å². The van der Waals surface area contributed by atoms with E-state index in [0.717, 1.165) is 11.1 Å². The molecule has 0 bridgehead atoms. The van der Waals surface area contributed by atoms with Crippen molar-refractivity contribution in [2.75, 3.05) is 0 Å². The zero-order valence-electron chi connectivity index (χ0n) is 11.8. The fraction of sp³-hybridized carbons (Fsp3) is 0.0588. The first-order valence-corrected chi connectivity index (χ1v) is 7.49. The smallest absolute Gasteiger partial charge is 0.250 e. The molecular weight excluding hydrogens is 316 g/mol. The summed E-state index contributed by atoms with van der Waals surface area (Å²) < 4.78 is 0. The second-order valence-corrected chi connectivity index (χ2v) is 5.32. The number of amides is 1. The van der Waals surface area contributed by atoms with Crippen LogP contribution in [0, 0.1) is 0 Å². The zero-order valence-corrected chi connectivity index (χ0v) is 13.3. The number of carbonyl (C=O) groups excluding carboxylic acids is 1. The van der Waals surface area contributed by atoms with Gasteiger partial charge in [0.2, 0.25) is 5.91 Å². The molecule has 0 fully saturated rings. The molecule has 0 aliphatic carbocycles. The first-order valence-electron chi connectivity index (χ1n) is 6.70. The van der Waals surface area contributed by atoms with E-state index >= 15 is 0 Å². The van der Waals surface area contributed by atoms with Gasteiger partial charge in [-0.05, 0) is 35.5 Å². The molecule has 3 nitrogen and oxygen atoms in total. The predicted octanol–water partition coefficient (Wildman–Crippen LogP) is 3.54. The number of hydrogen-bond acceptors (Lipinski definition) is 2. The van der Waals surface area contributed by atoms with Gasteiger partial charge in [-0.1, -0.05) is 60.1 Å². The number of hydrogen-bond donors (Lipinski definition) is 2. The summed E-state index contributed by atoms with van der Waals surface area (Å²) in [6.07, 6.45) is 3.17. The summed E-state index contributed by atoms with van der Waals surface area (Å²) in [6.45, 7) is 0.460. The number of benzene rings is 2. The molecule has 0 aliphatic rings. The van der Waals surface area contributed by atoms with Crippen LogP contribution >= 0.6 is 23.8 Å². The van der Waals surface area contributed by atoms with Crippen molar-refractivity contribution in [2.24, 2.45) is 0 Å². The molecule has 0 unspecified atom stereocenters. The van der Waals surface area contributed by atoms with Gasteiger partial charge in [-0.25, -0.2) is 0 Å². The maximum absolute atomic E-state index is 11.8. The lowest BCUT2D eigenvalue weighted by Gasteiger charge is -2.09. The Morgan fingerprint density at radius 1 is 1.09 bits per heavy atom. The summed E-state index contributed by atoms with van der Waals surface area (Å²) in [7, 11) is 0. The Morgan fingerprint density at radius 2 is 1.77 bits per heavy atom. The summed E-state index contributed by atoms with van der Waals surface area (Å²) >= 11 is 11.1. The van der Waals surface area contributed by atoms with Crippen LogP contribution in [0.1, 0.15) is 11.1 Å². The largest absolute Gasteiger partial charge is 0.358 e. The van der Waals surface area contributed by atoms with Crippen molar-refractivity contribution >= 4 is 40.9 Å². The summed E-state index contributed by atoms with van der Waals surface area (Å²) in [5, 5.41) is 6.47. The van der Waals surface area contributed by atoms with Gasteiger partial charge in [0.15, 0.2) is 5.11 Å². The average molecular weight is 331 g/mol. The van der Waals surface area contributed by atoms with Gasteiger partial charge in [-0.2, -0.15) is 0 Å².